The first-order valence-corrected chi connectivity index (χ1v) is 16.6. The van der Waals surface area contributed by atoms with Gasteiger partial charge in [-0.15, -0.1) is 0 Å². The van der Waals surface area contributed by atoms with Crippen molar-refractivity contribution in [2.45, 2.75) is 0 Å². The van der Waals surface area contributed by atoms with E-state index < -0.39 is 0 Å². The smallest absolute Gasteiger partial charge is 0.164 e. The summed E-state index contributed by atoms with van der Waals surface area (Å²) in [6, 6.07) is 55.8. The van der Waals surface area contributed by atoms with Crippen LogP contribution in [0.5, 0.6) is 0 Å². The molecule has 3 heterocycles. The normalized spacial score (nSPS) is 11.6. The van der Waals surface area contributed by atoms with E-state index in [1.165, 1.54) is 0 Å². The molecule has 5 nitrogen and oxygen atoms in total. The lowest BCUT2D eigenvalue weighted by molar-refractivity contribution is 0.669. The standard InChI is InChI=1S/C45H27N3O2/c1-2-10-28(11-3-1)29-20-22-30(23-21-29)43-46-44(48-45(47-43)33-24-25-37-35-14-4-6-18-39(35)49-41(37)27-33)32-13-8-12-31(26-32)34-16-9-17-38-36-15-5-7-19-40(36)50-42(34)38/h1-27H. The second-order valence-electron chi connectivity index (χ2n) is 12.4. The molecule has 7 aromatic carbocycles. The van der Waals surface area contributed by atoms with Gasteiger partial charge < -0.3 is 8.83 Å². The summed E-state index contributed by atoms with van der Waals surface area (Å²) in [6.45, 7) is 0. The molecule has 0 saturated carbocycles. The van der Waals surface area contributed by atoms with Crippen LogP contribution in [0, 0.1) is 0 Å². The molecule has 0 aliphatic rings. The lowest BCUT2D eigenvalue weighted by Crippen LogP contribution is -2.00. The molecule has 0 aliphatic carbocycles. The maximum atomic E-state index is 6.39. The predicted molar refractivity (Wildman–Crippen MR) is 202 cm³/mol. The van der Waals surface area contributed by atoms with Crippen molar-refractivity contribution in [2.24, 2.45) is 0 Å². The number of hydrogen-bond donors (Lipinski definition) is 0. The molecule has 10 rings (SSSR count). The molecule has 234 valence electrons. The quantitative estimate of drug-likeness (QED) is 0.187. The molecular formula is C45H27N3O2. The van der Waals surface area contributed by atoms with Crippen LogP contribution >= 0.6 is 0 Å². The van der Waals surface area contributed by atoms with E-state index in [1.807, 2.05) is 60.7 Å². The van der Waals surface area contributed by atoms with Gasteiger partial charge in [0.05, 0.1) is 0 Å². The number of benzene rings is 7. The number of furan rings is 2. The number of fused-ring (bicyclic) bond motifs is 6. The first kappa shape index (κ1) is 28.2. The van der Waals surface area contributed by atoms with Crippen LogP contribution in [0.15, 0.2) is 173 Å². The summed E-state index contributed by atoms with van der Waals surface area (Å²) in [4.78, 5) is 15.2. The Kier molecular flexibility index (Phi) is 6.42. The van der Waals surface area contributed by atoms with Crippen molar-refractivity contribution in [2.75, 3.05) is 0 Å². The van der Waals surface area contributed by atoms with Crippen LogP contribution < -0.4 is 0 Å². The highest BCUT2D eigenvalue weighted by Gasteiger charge is 2.17. The van der Waals surface area contributed by atoms with Crippen LogP contribution in [0.2, 0.25) is 0 Å². The van der Waals surface area contributed by atoms with E-state index in [0.29, 0.717) is 17.5 Å². The first-order chi connectivity index (χ1) is 24.7. The van der Waals surface area contributed by atoms with E-state index in [1.54, 1.807) is 0 Å². The summed E-state index contributed by atoms with van der Waals surface area (Å²) in [7, 11) is 0. The molecule has 0 bridgehead atoms. The highest BCUT2D eigenvalue weighted by Crippen LogP contribution is 2.37. The fourth-order valence-electron chi connectivity index (χ4n) is 6.87. The van der Waals surface area contributed by atoms with E-state index >= 15 is 0 Å². The molecule has 0 saturated heterocycles. The van der Waals surface area contributed by atoms with Crippen LogP contribution in [-0.4, -0.2) is 15.0 Å². The number of rotatable bonds is 5. The van der Waals surface area contributed by atoms with Crippen LogP contribution in [0.25, 0.3) is 100 Å². The third-order valence-electron chi connectivity index (χ3n) is 9.36. The highest BCUT2D eigenvalue weighted by molar-refractivity contribution is 6.09. The average Bonchev–Trinajstić information content (AvgIpc) is 3.76. The Hall–Kier alpha value is -6.85. The Bertz CT molecular complexity index is 2870. The molecule has 0 fully saturated rings. The summed E-state index contributed by atoms with van der Waals surface area (Å²) in [6.07, 6.45) is 0. The molecule has 3 aromatic heterocycles. The molecule has 10 aromatic rings. The third kappa shape index (κ3) is 4.75. The molecule has 5 heteroatoms. The van der Waals surface area contributed by atoms with Crippen LogP contribution in [-0.2, 0) is 0 Å². The Morgan fingerprint density at radius 2 is 0.800 bits per heavy atom. The number of para-hydroxylation sites is 3. The summed E-state index contributed by atoms with van der Waals surface area (Å²) >= 11 is 0. The maximum Gasteiger partial charge on any atom is 0.164 e. The number of aromatic nitrogens is 3. The van der Waals surface area contributed by atoms with Crippen molar-refractivity contribution in [1.29, 1.82) is 0 Å². The van der Waals surface area contributed by atoms with Gasteiger partial charge in [-0.3, -0.25) is 0 Å². The SMILES string of the molecule is c1ccc(-c2ccc(-c3nc(-c4cccc(-c5cccc6c5oc5ccccc56)c4)nc(-c4ccc5c(c4)oc4ccccc45)n3)cc2)cc1. The molecule has 0 aliphatic heterocycles. The minimum Gasteiger partial charge on any atom is -0.456 e. The van der Waals surface area contributed by atoms with Crippen molar-refractivity contribution in [1.82, 2.24) is 15.0 Å². The van der Waals surface area contributed by atoms with Crippen molar-refractivity contribution >= 4 is 43.9 Å². The van der Waals surface area contributed by atoms with Gasteiger partial charge in [0.1, 0.15) is 22.3 Å². The van der Waals surface area contributed by atoms with Gasteiger partial charge in [-0.2, -0.15) is 0 Å². The van der Waals surface area contributed by atoms with E-state index in [9.17, 15) is 0 Å². The zero-order valence-electron chi connectivity index (χ0n) is 26.7. The summed E-state index contributed by atoms with van der Waals surface area (Å²) in [5.74, 6) is 1.75. The maximum absolute atomic E-state index is 6.39. The minimum atomic E-state index is 0.573. The molecule has 0 spiro atoms. The average molecular weight is 642 g/mol. The van der Waals surface area contributed by atoms with Crippen LogP contribution in [0.1, 0.15) is 0 Å². The zero-order chi connectivity index (χ0) is 33.0. The summed E-state index contributed by atoms with van der Waals surface area (Å²) in [5, 5.41) is 4.34. The van der Waals surface area contributed by atoms with E-state index in [4.69, 9.17) is 23.8 Å². The third-order valence-corrected chi connectivity index (χ3v) is 9.36. The van der Waals surface area contributed by atoms with E-state index in [-0.39, 0.29) is 0 Å². The van der Waals surface area contributed by atoms with Crippen molar-refractivity contribution < 1.29 is 8.83 Å². The lowest BCUT2D eigenvalue weighted by atomic mass is 10.00. The fraction of sp³-hybridized carbons (Fsp3) is 0. The Balaban J connectivity index is 1.12. The predicted octanol–water partition coefficient (Wildman–Crippen LogP) is 12.0. The minimum absolute atomic E-state index is 0.573. The topological polar surface area (TPSA) is 65.0 Å². The van der Waals surface area contributed by atoms with Gasteiger partial charge in [0.15, 0.2) is 17.5 Å². The molecule has 0 N–H and O–H groups in total. The largest absolute Gasteiger partial charge is 0.456 e. The molecule has 0 radical (unpaired) electrons. The van der Waals surface area contributed by atoms with E-state index in [0.717, 1.165) is 82.8 Å². The van der Waals surface area contributed by atoms with Crippen molar-refractivity contribution in [3.63, 3.8) is 0 Å². The zero-order valence-corrected chi connectivity index (χ0v) is 26.7. The second kappa shape index (κ2) is 11.4. The number of hydrogen-bond acceptors (Lipinski definition) is 5. The summed E-state index contributed by atoms with van der Waals surface area (Å²) in [5.41, 5.74) is 10.3. The highest BCUT2D eigenvalue weighted by atomic mass is 16.3. The molecular weight excluding hydrogens is 615 g/mol. The van der Waals surface area contributed by atoms with E-state index in [2.05, 4.69) is 103 Å². The second-order valence-corrected chi connectivity index (χ2v) is 12.4. The van der Waals surface area contributed by atoms with Gasteiger partial charge >= 0.3 is 0 Å². The monoisotopic (exact) mass is 641 g/mol. The van der Waals surface area contributed by atoms with Gasteiger partial charge in [-0.05, 0) is 47.0 Å². The first-order valence-electron chi connectivity index (χ1n) is 16.6. The Morgan fingerprint density at radius 3 is 1.58 bits per heavy atom. The summed E-state index contributed by atoms with van der Waals surface area (Å²) < 4.78 is 12.6. The van der Waals surface area contributed by atoms with Crippen molar-refractivity contribution in [3.8, 4) is 56.4 Å². The molecule has 50 heavy (non-hydrogen) atoms. The van der Waals surface area contributed by atoms with Gasteiger partial charge in [0.2, 0.25) is 0 Å². The lowest BCUT2D eigenvalue weighted by Gasteiger charge is -2.10. The van der Waals surface area contributed by atoms with Gasteiger partial charge in [-0.1, -0.05) is 133 Å². The van der Waals surface area contributed by atoms with Crippen LogP contribution in [0.3, 0.4) is 0 Å². The van der Waals surface area contributed by atoms with Crippen molar-refractivity contribution in [3.05, 3.63) is 164 Å². The fourth-order valence-corrected chi connectivity index (χ4v) is 6.87. The van der Waals surface area contributed by atoms with Crippen LogP contribution in [0.4, 0.5) is 0 Å². The van der Waals surface area contributed by atoms with Gasteiger partial charge in [0, 0.05) is 43.8 Å². The Labute approximate surface area is 287 Å². The van der Waals surface area contributed by atoms with Gasteiger partial charge in [-0.25, -0.2) is 15.0 Å². The van der Waals surface area contributed by atoms with Gasteiger partial charge in [0.25, 0.3) is 0 Å². The Morgan fingerprint density at radius 1 is 0.300 bits per heavy atom. The number of nitrogens with zero attached hydrogens (tertiary/aromatic N) is 3. The molecule has 0 unspecified atom stereocenters. The molecule has 0 amide bonds. The molecule has 0 atom stereocenters.